The standard InChI is InChI=1S/C21H29FN6O4/c1-13(29)25-18(12-19(30)31)27-20(32)14-3-4-17(16(22)11-14)28-9-5-15(6-10-28)26-21-23-7-2-8-24-21/h3-4,11,15,18H,2,5-10,12H2,1H3,(H,25,29)(H,27,32)(H,30,31)(H2,23,24,26). The van der Waals surface area contributed by atoms with Crippen molar-refractivity contribution in [2.45, 2.75) is 44.8 Å². The fourth-order valence-electron chi connectivity index (χ4n) is 3.79. The number of hydrogen-bond acceptors (Lipinski definition) is 7. The first-order chi connectivity index (χ1) is 15.3. The Kier molecular flexibility index (Phi) is 7.85. The highest BCUT2D eigenvalue weighted by Gasteiger charge is 2.24. The number of aliphatic carboxylic acids is 1. The lowest BCUT2D eigenvalue weighted by Crippen LogP contribution is -2.50. The van der Waals surface area contributed by atoms with Crippen molar-refractivity contribution in [3.8, 4) is 0 Å². The molecule has 1 unspecified atom stereocenters. The zero-order chi connectivity index (χ0) is 23.1. The molecule has 2 heterocycles. The average Bonchev–Trinajstić information content (AvgIpc) is 2.74. The quantitative estimate of drug-likeness (QED) is 0.381. The monoisotopic (exact) mass is 448 g/mol. The molecule has 174 valence electrons. The van der Waals surface area contributed by atoms with Crippen molar-refractivity contribution in [1.29, 1.82) is 0 Å². The molecule has 0 radical (unpaired) electrons. The minimum Gasteiger partial charge on any atom is -0.481 e. The van der Waals surface area contributed by atoms with Gasteiger partial charge < -0.3 is 31.3 Å². The third-order valence-electron chi connectivity index (χ3n) is 5.35. The molecule has 5 N–H and O–H groups in total. The second-order valence-electron chi connectivity index (χ2n) is 7.91. The Morgan fingerprint density at radius 1 is 1.28 bits per heavy atom. The van der Waals surface area contributed by atoms with E-state index in [9.17, 15) is 18.8 Å². The second-order valence-corrected chi connectivity index (χ2v) is 7.91. The maximum absolute atomic E-state index is 14.8. The highest BCUT2D eigenvalue weighted by atomic mass is 19.1. The summed E-state index contributed by atoms with van der Waals surface area (Å²) >= 11 is 0. The van der Waals surface area contributed by atoms with E-state index in [1.807, 2.05) is 4.90 Å². The van der Waals surface area contributed by atoms with Gasteiger partial charge in [0.1, 0.15) is 12.0 Å². The summed E-state index contributed by atoms with van der Waals surface area (Å²) in [6.07, 6.45) is 1.11. The zero-order valence-corrected chi connectivity index (χ0v) is 18.0. The summed E-state index contributed by atoms with van der Waals surface area (Å²) in [7, 11) is 0. The number of guanidine groups is 1. The molecule has 1 aromatic carbocycles. The van der Waals surface area contributed by atoms with Gasteiger partial charge in [0.15, 0.2) is 5.96 Å². The van der Waals surface area contributed by atoms with E-state index >= 15 is 0 Å². The number of carboxylic acid groups (broad SMARTS) is 1. The molecule has 1 atom stereocenters. The Balaban J connectivity index is 1.57. The lowest BCUT2D eigenvalue weighted by molar-refractivity contribution is -0.137. The lowest BCUT2D eigenvalue weighted by Gasteiger charge is -2.35. The maximum atomic E-state index is 14.8. The first-order valence-corrected chi connectivity index (χ1v) is 10.7. The summed E-state index contributed by atoms with van der Waals surface area (Å²) in [5.41, 5.74) is 0.460. The number of amides is 2. The van der Waals surface area contributed by atoms with E-state index in [1.165, 1.54) is 13.0 Å². The molecule has 1 aromatic rings. The van der Waals surface area contributed by atoms with Gasteiger partial charge in [0.05, 0.1) is 12.1 Å². The summed E-state index contributed by atoms with van der Waals surface area (Å²) in [6.45, 7) is 4.28. The van der Waals surface area contributed by atoms with Crippen LogP contribution in [-0.2, 0) is 9.59 Å². The third kappa shape index (κ3) is 6.56. The number of halogens is 1. The van der Waals surface area contributed by atoms with Gasteiger partial charge in [0, 0.05) is 44.7 Å². The summed E-state index contributed by atoms with van der Waals surface area (Å²) in [5, 5.41) is 20.3. The van der Waals surface area contributed by atoms with E-state index < -0.39 is 36.2 Å². The Bertz CT molecular complexity index is 869. The van der Waals surface area contributed by atoms with Gasteiger partial charge >= 0.3 is 5.97 Å². The SMILES string of the molecule is CC(=O)NC(CC(=O)O)NC(=O)c1ccc(N2CCC(NC3=NCCCN3)CC2)c(F)c1. The van der Waals surface area contributed by atoms with Gasteiger partial charge in [-0.15, -0.1) is 0 Å². The number of carbonyl (C=O) groups is 3. The summed E-state index contributed by atoms with van der Waals surface area (Å²) < 4.78 is 14.8. The average molecular weight is 448 g/mol. The van der Waals surface area contributed by atoms with Crippen LogP contribution in [0.15, 0.2) is 23.2 Å². The van der Waals surface area contributed by atoms with Gasteiger partial charge in [0.25, 0.3) is 5.91 Å². The molecule has 1 saturated heterocycles. The Labute approximate surface area is 185 Å². The van der Waals surface area contributed by atoms with Crippen LogP contribution in [0, 0.1) is 5.82 Å². The molecular formula is C21H29FN6O4. The highest BCUT2D eigenvalue weighted by Crippen LogP contribution is 2.24. The number of carboxylic acids is 1. The Morgan fingerprint density at radius 2 is 2.03 bits per heavy atom. The molecule has 2 amide bonds. The molecule has 0 aromatic heterocycles. The molecule has 32 heavy (non-hydrogen) atoms. The number of carbonyl (C=O) groups excluding carboxylic acids is 2. The van der Waals surface area contributed by atoms with Crippen molar-refractivity contribution in [3.63, 3.8) is 0 Å². The topological polar surface area (TPSA) is 135 Å². The summed E-state index contributed by atoms with van der Waals surface area (Å²) in [4.78, 5) is 41.0. The first kappa shape index (κ1) is 23.3. The molecule has 0 spiro atoms. The lowest BCUT2D eigenvalue weighted by atomic mass is 10.0. The van der Waals surface area contributed by atoms with Crippen molar-refractivity contribution < 1.29 is 23.9 Å². The minimum absolute atomic E-state index is 0.0462. The fourth-order valence-corrected chi connectivity index (χ4v) is 3.79. The van der Waals surface area contributed by atoms with Crippen molar-refractivity contribution in [3.05, 3.63) is 29.6 Å². The van der Waals surface area contributed by atoms with Crippen molar-refractivity contribution >= 4 is 29.4 Å². The normalized spacial score (nSPS) is 17.6. The number of hydrogen-bond donors (Lipinski definition) is 5. The number of benzene rings is 1. The van der Waals surface area contributed by atoms with E-state index in [-0.39, 0.29) is 11.6 Å². The fraction of sp³-hybridized carbons (Fsp3) is 0.524. The zero-order valence-electron chi connectivity index (χ0n) is 18.0. The van der Waals surface area contributed by atoms with Gasteiger partial charge in [-0.2, -0.15) is 0 Å². The number of nitrogens with zero attached hydrogens (tertiary/aromatic N) is 2. The molecule has 0 saturated carbocycles. The summed E-state index contributed by atoms with van der Waals surface area (Å²) in [5.74, 6) is -2.04. The predicted molar refractivity (Wildman–Crippen MR) is 117 cm³/mol. The van der Waals surface area contributed by atoms with Gasteiger partial charge in [-0.3, -0.25) is 19.4 Å². The third-order valence-corrected chi connectivity index (χ3v) is 5.35. The molecule has 10 nitrogen and oxygen atoms in total. The van der Waals surface area contributed by atoms with Crippen LogP contribution in [0.1, 0.15) is 43.0 Å². The van der Waals surface area contributed by atoms with Crippen LogP contribution >= 0.6 is 0 Å². The number of piperidine rings is 1. The number of rotatable bonds is 7. The second kappa shape index (κ2) is 10.8. The van der Waals surface area contributed by atoms with E-state index in [0.29, 0.717) is 18.8 Å². The molecule has 3 rings (SSSR count). The Hall–Kier alpha value is -3.37. The highest BCUT2D eigenvalue weighted by molar-refractivity contribution is 5.95. The molecule has 0 bridgehead atoms. The van der Waals surface area contributed by atoms with Crippen molar-refractivity contribution in [2.75, 3.05) is 31.1 Å². The van der Waals surface area contributed by atoms with Crippen LogP contribution in [0.5, 0.6) is 0 Å². The van der Waals surface area contributed by atoms with Crippen LogP contribution in [0.3, 0.4) is 0 Å². The summed E-state index contributed by atoms with van der Waals surface area (Å²) in [6, 6.07) is 4.43. The number of aliphatic imine (C=N–C) groups is 1. The molecule has 11 heteroatoms. The molecule has 1 fully saturated rings. The van der Waals surface area contributed by atoms with Gasteiger partial charge in [-0.25, -0.2) is 4.39 Å². The first-order valence-electron chi connectivity index (χ1n) is 10.7. The largest absolute Gasteiger partial charge is 0.481 e. The smallest absolute Gasteiger partial charge is 0.307 e. The Morgan fingerprint density at radius 3 is 2.62 bits per heavy atom. The van der Waals surface area contributed by atoms with Crippen molar-refractivity contribution in [1.82, 2.24) is 21.3 Å². The van der Waals surface area contributed by atoms with Crippen molar-refractivity contribution in [2.24, 2.45) is 4.99 Å². The van der Waals surface area contributed by atoms with Gasteiger partial charge in [-0.1, -0.05) is 0 Å². The van der Waals surface area contributed by atoms with Crippen LogP contribution in [0.25, 0.3) is 0 Å². The predicted octanol–water partition coefficient (Wildman–Crippen LogP) is 0.400. The molecule has 0 aliphatic carbocycles. The molecule has 2 aliphatic rings. The van der Waals surface area contributed by atoms with Crippen LogP contribution in [-0.4, -0.2) is 67.2 Å². The van der Waals surface area contributed by atoms with Crippen LogP contribution < -0.4 is 26.2 Å². The number of nitrogens with one attached hydrogen (secondary N) is 4. The maximum Gasteiger partial charge on any atom is 0.307 e. The van der Waals surface area contributed by atoms with Gasteiger partial charge in [-0.05, 0) is 37.5 Å². The van der Waals surface area contributed by atoms with Gasteiger partial charge in [0.2, 0.25) is 5.91 Å². The van der Waals surface area contributed by atoms with E-state index in [4.69, 9.17) is 5.11 Å². The van der Waals surface area contributed by atoms with Crippen LogP contribution in [0.2, 0.25) is 0 Å². The van der Waals surface area contributed by atoms with Crippen LogP contribution in [0.4, 0.5) is 10.1 Å². The van der Waals surface area contributed by atoms with E-state index in [2.05, 4.69) is 26.3 Å². The minimum atomic E-state index is -1.19. The molecule has 2 aliphatic heterocycles. The molecular weight excluding hydrogens is 419 g/mol. The van der Waals surface area contributed by atoms with E-state index in [0.717, 1.165) is 44.4 Å². The van der Waals surface area contributed by atoms with E-state index in [1.54, 1.807) is 6.07 Å². The number of anilines is 1.